The van der Waals surface area contributed by atoms with Crippen molar-refractivity contribution in [2.45, 2.75) is 44.8 Å². The molecule has 1 fully saturated rings. The second-order valence-electron chi connectivity index (χ2n) is 4.84. The topological polar surface area (TPSA) is 46.3 Å². The van der Waals surface area contributed by atoms with Gasteiger partial charge in [-0.3, -0.25) is 4.79 Å². The fraction of sp³-hybridized carbons (Fsp3) is 0.500. The van der Waals surface area contributed by atoms with Crippen LogP contribution in [0.5, 0.6) is 0 Å². The van der Waals surface area contributed by atoms with Crippen LogP contribution in [0.3, 0.4) is 0 Å². The number of benzene rings is 1. The van der Waals surface area contributed by atoms with Crippen molar-refractivity contribution in [2.24, 2.45) is 5.73 Å². The number of carbonyl (C=O) groups is 1. The highest BCUT2D eigenvalue weighted by molar-refractivity contribution is 5.82. The fourth-order valence-electron chi connectivity index (χ4n) is 1.99. The predicted octanol–water partition coefficient (Wildman–Crippen LogP) is 2.05. The lowest BCUT2D eigenvalue weighted by Gasteiger charge is -2.25. The Labute approximate surface area is 107 Å². The number of amides is 1. The normalized spacial score (nSPS) is 16.4. The maximum Gasteiger partial charge on any atom is 0.240 e. The number of hydrogen-bond donors (Lipinski definition) is 1. The number of rotatable bonds is 5. The van der Waals surface area contributed by atoms with Crippen LogP contribution in [0.4, 0.5) is 4.39 Å². The molecule has 18 heavy (non-hydrogen) atoms. The monoisotopic (exact) mass is 250 g/mol. The molecule has 1 atom stereocenters. The average molecular weight is 250 g/mol. The summed E-state index contributed by atoms with van der Waals surface area (Å²) in [5.74, 6) is -0.292. The molecule has 98 valence electrons. The van der Waals surface area contributed by atoms with E-state index in [9.17, 15) is 9.18 Å². The molecule has 1 aliphatic rings. The second kappa shape index (κ2) is 5.48. The van der Waals surface area contributed by atoms with E-state index in [1.54, 1.807) is 11.0 Å². The molecule has 2 rings (SSSR count). The highest BCUT2D eigenvalue weighted by atomic mass is 19.1. The highest BCUT2D eigenvalue weighted by Gasteiger charge is 2.34. The van der Waals surface area contributed by atoms with E-state index in [1.165, 1.54) is 12.1 Å². The number of halogens is 1. The van der Waals surface area contributed by atoms with Crippen molar-refractivity contribution in [1.29, 1.82) is 0 Å². The van der Waals surface area contributed by atoms with Crippen LogP contribution in [0.25, 0.3) is 0 Å². The first kappa shape index (κ1) is 13.0. The van der Waals surface area contributed by atoms with E-state index in [-0.39, 0.29) is 11.7 Å². The van der Waals surface area contributed by atoms with E-state index in [1.807, 2.05) is 13.0 Å². The molecule has 0 aliphatic heterocycles. The van der Waals surface area contributed by atoms with Gasteiger partial charge in [0.15, 0.2) is 0 Å². The van der Waals surface area contributed by atoms with E-state index in [0.29, 0.717) is 19.0 Å². The molecule has 1 saturated carbocycles. The standard InChI is InChI=1S/C14H19FN2O/c1-2-13(16)14(18)17(12-6-7-12)9-10-4-3-5-11(15)8-10/h3-5,8,12-13H,2,6-7,9,16H2,1H3/t13-/m1/s1. The summed E-state index contributed by atoms with van der Waals surface area (Å²) in [6.07, 6.45) is 2.68. The Balaban J connectivity index is 2.09. The molecule has 0 bridgehead atoms. The van der Waals surface area contributed by atoms with Gasteiger partial charge in [0, 0.05) is 12.6 Å². The largest absolute Gasteiger partial charge is 0.334 e. The molecule has 1 aromatic rings. The summed E-state index contributed by atoms with van der Waals surface area (Å²) >= 11 is 0. The first-order chi connectivity index (χ1) is 8.61. The molecule has 0 aromatic heterocycles. The van der Waals surface area contributed by atoms with Gasteiger partial charge in [0.05, 0.1) is 6.04 Å². The van der Waals surface area contributed by atoms with Crippen LogP contribution in [-0.4, -0.2) is 22.9 Å². The molecular formula is C14H19FN2O. The van der Waals surface area contributed by atoms with Crippen LogP contribution >= 0.6 is 0 Å². The third-order valence-electron chi connectivity index (χ3n) is 3.27. The van der Waals surface area contributed by atoms with Crippen molar-refractivity contribution in [3.05, 3.63) is 35.6 Å². The summed E-state index contributed by atoms with van der Waals surface area (Å²) in [5, 5.41) is 0. The number of nitrogens with two attached hydrogens (primary N) is 1. The van der Waals surface area contributed by atoms with Crippen molar-refractivity contribution >= 4 is 5.91 Å². The number of hydrogen-bond acceptors (Lipinski definition) is 2. The minimum atomic E-state index is -0.445. The number of nitrogens with zero attached hydrogens (tertiary/aromatic N) is 1. The summed E-state index contributed by atoms with van der Waals surface area (Å²) in [5.41, 5.74) is 6.62. The van der Waals surface area contributed by atoms with Crippen molar-refractivity contribution in [2.75, 3.05) is 0 Å². The van der Waals surface area contributed by atoms with Gasteiger partial charge < -0.3 is 10.6 Å². The third kappa shape index (κ3) is 3.07. The van der Waals surface area contributed by atoms with Crippen molar-refractivity contribution in [3.8, 4) is 0 Å². The summed E-state index contributed by atoms with van der Waals surface area (Å²) < 4.78 is 13.1. The Morgan fingerprint density at radius 1 is 1.56 bits per heavy atom. The van der Waals surface area contributed by atoms with E-state index >= 15 is 0 Å². The lowest BCUT2D eigenvalue weighted by Crippen LogP contribution is -2.44. The van der Waals surface area contributed by atoms with Crippen molar-refractivity contribution in [3.63, 3.8) is 0 Å². The average Bonchev–Trinajstić information content (AvgIpc) is 3.18. The zero-order valence-corrected chi connectivity index (χ0v) is 10.6. The predicted molar refractivity (Wildman–Crippen MR) is 68.2 cm³/mol. The van der Waals surface area contributed by atoms with Crippen LogP contribution in [-0.2, 0) is 11.3 Å². The quantitative estimate of drug-likeness (QED) is 0.869. The maximum atomic E-state index is 13.1. The molecule has 0 saturated heterocycles. The molecule has 3 nitrogen and oxygen atoms in total. The van der Waals surface area contributed by atoms with E-state index in [0.717, 1.165) is 18.4 Å². The van der Waals surface area contributed by atoms with Crippen LogP contribution in [0.15, 0.2) is 24.3 Å². The Bertz CT molecular complexity index is 432. The van der Waals surface area contributed by atoms with Crippen LogP contribution in [0.1, 0.15) is 31.7 Å². The molecule has 4 heteroatoms. The van der Waals surface area contributed by atoms with Gasteiger partial charge in [-0.15, -0.1) is 0 Å². The van der Waals surface area contributed by atoms with Crippen molar-refractivity contribution < 1.29 is 9.18 Å². The summed E-state index contributed by atoms with van der Waals surface area (Å²) in [4.78, 5) is 13.9. The Kier molecular flexibility index (Phi) is 3.97. The Morgan fingerprint density at radius 3 is 2.83 bits per heavy atom. The van der Waals surface area contributed by atoms with Crippen LogP contribution < -0.4 is 5.73 Å². The van der Waals surface area contributed by atoms with Gasteiger partial charge in [-0.1, -0.05) is 19.1 Å². The van der Waals surface area contributed by atoms with E-state index in [2.05, 4.69) is 0 Å². The van der Waals surface area contributed by atoms with Gasteiger partial charge in [-0.05, 0) is 37.0 Å². The summed E-state index contributed by atoms with van der Waals surface area (Å²) in [6, 6.07) is 6.23. The molecule has 0 heterocycles. The second-order valence-corrected chi connectivity index (χ2v) is 4.84. The van der Waals surface area contributed by atoms with Crippen LogP contribution in [0.2, 0.25) is 0 Å². The summed E-state index contributed by atoms with van der Waals surface area (Å²) in [6.45, 7) is 2.35. The minimum Gasteiger partial charge on any atom is -0.334 e. The molecule has 0 unspecified atom stereocenters. The third-order valence-corrected chi connectivity index (χ3v) is 3.27. The SMILES string of the molecule is CC[C@@H](N)C(=O)N(Cc1cccc(F)c1)C1CC1. The first-order valence-corrected chi connectivity index (χ1v) is 6.42. The lowest BCUT2D eigenvalue weighted by molar-refractivity contribution is -0.133. The van der Waals surface area contributed by atoms with Gasteiger partial charge >= 0.3 is 0 Å². The zero-order valence-electron chi connectivity index (χ0n) is 10.6. The van der Waals surface area contributed by atoms with Gasteiger partial charge in [-0.2, -0.15) is 0 Å². The molecule has 1 amide bonds. The van der Waals surface area contributed by atoms with Gasteiger partial charge in [-0.25, -0.2) is 4.39 Å². The van der Waals surface area contributed by atoms with Crippen LogP contribution in [0, 0.1) is 5.82 Å². The molecule has 1 aliphatic carbocycles. The maximum absolute atomic E-state index is 13.1. The van der Waals surface area contributed by atoms with E-state index < -0.39 is 6.04 Å². The van der Waals surface area contributed by atoms with Gasteiger partial charge in [0.2, 0.25) is 5.91 Å². The van der Waals surface area contributed by atoms with Gasteiger partial charge in [0.25, 0.3) is 0 Å². The Morgan fingerprint density at radius 2 is 2.28 bits per heavy atom. The smallest absolute Gasteiger partial charge is 0.240 e. The highest BCUT2D eigenvalue weighted by Crippen LogP contribution is 2.29. The molecule has 1 aromatic carbocycles. The van der Waals surface area contributed by atoms with Gasteiger partial charge in [0.1, 0.15) is 5.82 Å². The molecular weight excluding hydrogens is 231 g/mol. The molecule has 0 spiro atoms. The Hall–Kier alpha value is -1.42. The number of carbonyl (C=O) groups excluding carboxylic acids is 1. The van der Waals surface area contributed by atoms with E-state index in [4.69, 9.17) is 5.73 Å². The lowest BCUT2D eigenvalue weighted by atomic mass is 10.1. The fourth-order valence-corrected chi connectivity index (χ4v) is 1.99. The minimum absolute atomic E-state index is 0.0238. The molecule has 2 N–H and O–H groups in total. The summed E-state index contributed by atoms with van der Waals surface area (Å²) in [7, 11) is 0. The van der Waals surface area contributed by atoms with Crippen molar-refractivity contribution in [1.82, 2.24) is 4.90 Å². The first-order valence-electron chi connectivity index (χ1n) is 6.42. The zero-order chi connectivity index (χ0) is 13.1. The molecule has 0 radical (unpaired) electrons.